The van der Waals surface area contributed by atoms with E-state index in [2.05, 4.69) is 126 Å². The summed E-state index contributed by atoms with van der Waals surface area (Å²) in [6, 6.07) is 51.3. The van der Waals surface area contributed by atoms with Crippen molar-refractivity contribution in [2.45, 2.75) is 0 Å². The van der Waals surface area contributed by atoms with E-state index in [0.29, 0.717) is 0 Å². The van der Waals surface area contributed by atoms with E-state index < -0.39 is 0 Å². The second-order valence-electron chi connectivity index (χ2n) is 10.8. The second kappa shape index (κ2) is 8.92. The van der Waals surface area contributed by atoms with Crippen LogP contribution in [-0.2, 0) is 0 Å². The predicted molar refractivity (Wildman–Crippen MR) is 172 cm³/mol. The highest BCUT2D eigenvalue weighted by Gasteiger charge is 2.27. The van der Waals surface area contributed by atoms with Crippen LogP contribution in [-0.4, -0.2) is 9.55 Å². The largest absolute Gasteiger partial charge is 0.453 e. The summed E-state index contributed by atoms with van der Waals surface area (Å²) in [6.07, 6.45) is 0. The second-order valence-corrected chi connectivity index (χ2v) is 10.8. The Bertz CT molecular complexity index is 2280. The van der Waals surface area contributed by atoms with Crippen molar-refractivity contribution in [2.75, 3.05) is 0 Å². The van der Waals surface area contributed by atoms with Gasteiger partial charge in [0.05, 0.1) is 11.2 Å². The highest BCUT2D eigenvalue weighted by atomic mass is 16.5. The van der Waals surface area contributed by atoms with E-state index in [0.717, 1.165) is 39.6 Å². The van der Waals surface area contributed by atoms with Crippen LogP contribution in [0.25, 0.3) is 71.9 Å². The van der Waals surface area contributed by atoms with Gasteiger partial charge in [0.15, 0.2) is 11.5 Å². The molecule has 0 N–H and O–H groups in total. The highest BCUT2D eigenvalue weighted by Crippen LogP contribution is 2.48. The maximum Gasteiger partial charge on any atom is 0.153 e. The fraction of sp³-hybridized carbons (Fsp3) is 0. The third-order valence-corrected chi connectivity index (χ3v) is 8.38. The third-order valence-electron chi connectivity index (χ3n) is 8.38. The molecule has 42 heavy (non-hydrogen) atoms. The summed E-state index contributed by atoms with van der Waals surface area (Å²) in [5.41, 5.74) is 8.91. The molecule has 1 aliphatic heterocycles. The minimum atomic E-state index is 0.827. The van der Waals surface area contributed by atoms with E-state index in [4.69, 9.17) is 9.72 Å². The number of ether oxygens (including phenoxy) is 1. The lowest BCUT2D eigenvalue weighted by Gasteiger charge is -2.22. The fourth-order valence-electron chi connectivity index (χ4n) is 6.59. The van der Waals surface area contributed by atoms with Crippen LogP contribution in [0, 0.1) is 0 Å². The number of nitrogens with zero attached hydrogens (tertiary/aromatic N) is 2. The number of hydrogen-bond donors (Lipinski definition) is 0. The Morgan fingerprint density at radius 3 is 1.79 bits per heavy atom. The summed E-state index contributed by atoms with van der Waals surface area (Å²) in [6.45, 7) is 0. The van der Waals surface area contributed by atoms with Crippen LogP contribution in [0.2, 0.25) is 0 Å². The van der Waals surface area contributed by atoms with E-state index in [1.165, 1.54) is 43.8 Å². The van der Waals surface area contributed by atoms with Gasteiger partial charge in [-0.2, -0.15) is 0 Å². The molecule has 0 radical (unpaired) electrons. The highest BCUT2D eigenvalue weighted by molar-refractivity contribution is 6.21. The lowest BCUT2D eigenvalue weighted by Crippen LogP contribution is -2.06. The van der Waals surface area contributed by atoms with Gasteiger partial charge < -0.3 is 4.74 Å². The smallest absolute Gasteiger partial charge is 0.153 e. The Labute approximate surface area is 242 Å². The normalized spacial score (nSPS) is 12.0. The molecule has 9 rings (SSSR count). The molecule has 2 heterocycles. The molecule has 0 atom stereocenters. The van der Waals surface area contributed by atoms with E-state index in [1.54, 1.807) is 0 Å². The molecule has 3 nitrogen and oxygen atoms in total. The Morgan fingerprint density at radius 2 is 1.02 bits per heavy atom. The molecule has 0 saturated heterocycles. The summed E-state index contributed by atoms with van der Waals surface area (Å²) < 4.78 is 8.62. The van der Waals surface area contributed by atoms with Crippen molar-refractivity contribution < 1.29 is 4.74 Å². The SMILES string of the molecule is c1ccc(-c2cccc(-c3c4ccccc4c(-c4nc5cccc6c5n4-c4ccccc4O6)c4ccccc34)c2)cc1. The van der Waals surface area contributed by atoms with Crippen molar-refractivity contribution in [3.8, 4) is 50.8 Å². The quantitative estimate of drug-likeness (QED) is 0.210. The van der Waals surface area contributed by atoms with Crippen LogP contribution in [0.3, 0.4) is 0 Å². The van der Waals surface area contributed by atoms with E-state index in [1.807, 2.05) is 24.3 Å². The molecular formula is C39H24N2O. The van der Waals surface area contributed by atoms with Crippen molar-refractivity contribution in [2.24, 2.45) is 0 Å². The number of hydrogen-bond acceptors (Lipinski definition) is 2. The van der Waals surface area contributed by atoms with Crippen LogP contribution in [0.5, 0.6) is 11.5 Å². The minimum Gasteiger partial charge on any atom is -0.453 e. The molecule has 7 aromatic carbocycles. The Morgan fingerprint density at radius 1 is 0.452 bits per heavy atom. The first kappa shape index (κ1) is 23.1. The molecule has 0 unspecified atom stereocenters. The van der Waals surface area contributed by atoms with Gasteiger partial charge in [-0.05, 0) is 74.1 Å². The molecule has 1 aliphatic rings. The number of imidazole rings is 1. The summed E-state index contributed by atoms with van der Waals surface area (Å²) >= 11 is 0. The average molecular weight is 537 g/mol. The molecule has 3 heteroatoms. The monoisotopic (exact) mass is 536 g/mol. The zero-order valence-corrected chi connectivity index (χ0v) is 22.7. The van der Waals surface area contributed by atoms with E-state index >= 15 is 0 Å². The summed E-state index contributed by atoms with van der Waals surface area (Å²) in [5.74, 6) is 2.58. The first-order valence-electron chi connectivity index (χ1n) is 14.2. The molecular weight excluding hydrogens is 512 g/mol. The number of aromatic nitrogens is 2. The van der Waals surface area contributed by atoms with Crippen LogP contribution in [0.4, 0.5) is 0 Å². The van der Waals surface area contributed by atoms with Gasteiger partial charge >= 0.3 is 0 Å². The van der Waals surface area contributed by atoms with Crippen molar-refractivity contribution in [1.82, 2.24) is 9.55 Å². The van der Waals surface area contributed by atoms with Crippen LogP contribution in [0.1, 0.15) is 0 Å². The Hall–Kier alpha value is -5.67. The maximum absolute atomic E-state index is 6.34. The summed E-state index contributed by atoms with van der Waals surface area (Å²) in [4.78, 5) is 5.29. The molecule has 0 amide bonds. The number of fused-ring (bicyclic) bond motifs is 4. The average Bonchev–Trinajstić information content (AvgIpc) is 3.44. The summed E-state index contributed by atoms with van der Waals surface area (Å²) in [7, 11) is 0. The first-order chi connectivity index (χ1) is 20.8. The third kappa shape index (κ3) is 3.31. The molecule has 0 aliphatic carbocycles. The molecule has 0 saturated carbocycles. The molecule has 0 spiro atoms. The van der Waals surface area contributed by atoms with Crippen molar-refractivity contribution in [1.29, 1.82) is 0 Å². The van der Waals surface area contributed by atoms with Crippen molar-refractivity contribution in [3.63, 3.8) is 0 Å². The van der Waals surface area contributed by atoms with Crippen LogP contribution < -0.4 is 4.74 Å². The van der Waals surface area contributed by atoms with Gasteiger partial charge in [0.1, 0.15) is 11.3 Å². The van der Waals surface area contributed by atoms with E-state index in [9.17, 15) is 0 Å². The van der Waals surface area contributed by atoms with E-state index in [-0.39, 0.29) is 0 Å². The number of para-hydroxylation sites is 3. The van der Waals surface area contributed by atoms with Crippen LogP contribution in [0.15, 0.2) is 146 Å². The van der Waals surface area contributed by atoms with Gasteiger partial charge in [-0.15, -0.1) is 0 Å². The Balaban J connectivity index is 1.40. The predicted octanol–water partition coefficient (Wildman–Crippen LogP) is 10.4. The van der Waals surface area contributed by atoms with Gasteiger partial charge in [0.25, 0.3) is 0 Å². The number of rotatable bonds is 3. The van der Waals surface area contributed by atoms with Gasteiger partial charge in [-0.3, -0.25) is 4.57 Å². The van der Waals surface area contributed by atoms with Crippen molar-refractivity contribution >= 4 is 32.6 Å². The van der Waals surface area contributed by atoms with Gasteiger partial charge in [0, 0.05) is 5.56 Å². The Kier molecular flexibility index (Phi) is 4.90. The zero-order valence-electron chi connectivity index (χ0n) is 22.7. The standard InChI is InChI=1S/C39H24N2O/c1-2-12-25(13-3-1)26-14-10-15-27(24-26)36-28-16-4-6-18-30(28)37(31-19-7-5-17-29(31)36)39-40-32-20-11-23-35-38(32)41(39)33-21-8-9-22-34(33)42-35/h1-24H. The zero-order chi connectivity index (χ0) is 27.6. The van der Waals surface area contributed by atoms with Gasteiger partial charge in [-0.25, -0.2) is 4.98 Å². The molecule has 8 aromatic rings. The lowest BCUT2D eigenvalue weighted by atomic mass is 9.87. The molecule has 0 bridgehead atoms. The molecule has 196 valence electrons. The van der Waals surface area contributed by atoms with Crippen LogP contribution >= 0.6 is 0 Å². The number of benzene rings is 7. The fourth-order valence-corrected chi connectivity index (χ4v) is 6.59. The first-order valence-corrected chi connectivity index (χ1v) is 14.2. The maximum atomic E-state index is 6.34. The topological polar surface area (TPSA) is 27.1 Å². The molecule has 1 aromatic heterocycles. The van der Waals surface area contributed by atoms with Gasteiger partial charge in [0.2, 0.25) is 0 Å². The van der Waals surface area contributed by atoms with Gasteiger partial charge in [-0.1, -0.05) is 115 Å². The summed E-state index contributed by atoms with van der Waals surface area (Å²) in [5, 5.41) is 4.76. The minimum absolute atomic E-state index is 0.827. The van der Waals surface area contributed by atoms with Crippen molar-refractivity contribution in [3.05, 3.63) is 146 Å². The molecule has 0 fully saturated rings. The lowest BCUT2D eigenvalue weighted by molar-refractivity contribution is 0.476.